The Labute approximate surface area is 174 Å². The summed E-state index contributed by atoms with van der Waals surface area (Å²) >= 11 is 1.42. The van der Waals surface area contributed by atoms with Gasteiger partial charge in [-0.3, -0.25) is 4.79 Å². The van der Waals surface area contributed by atoms with E-state index in [0.29, 0.717) is 17.4 Å². The van der Waals surface area contributed by atoms with Gasteiger partial charge in [0.25, 0.3) is 0 Å². The maximum atomic E-state index is 13.3. The van der Waals surface area contributed by atoms with E-state index in [1.165, 1.54) is 11.8 Å². The number of benzene rings is 2. The summed E-state index contributed by atoms with van der Waals surface area (Å²) in [5, 5.41) is 12.0. The molecule has 29 heavy (non-hydrogen) atoms. The standard InChI is InChI=1S/C22H24N4O2S/c1-14-9-12-18(28-3)17(13-14)23-21(27)19(15-7-5-4-6-8-15)29-22-25-24-20(26(22)2)16-10-11-16/h4-9,12-13,16,19H,10-11H2,1-3H3,(H,23,27)/t19-/m0/s1. The molecule has 0 saturated heterocycles. The van der Waals surface area contributed by atoms with Crippen LogP contribution in [0.25, 0.3) is 0 Å². The van der Waals surface area contributed by atoms with E-state index < -0.39 is 5.25 Å². The molecule has 1 fully saturated rings. The molecule has 7 heteroatoms. The number of nitrogens with one attached hydrogen (secondary N) is 1. The van der Waals surface area contributed by atoms with E-state index in [-0.39, 0.29) is 5.91 Å². The first-order valence-corrected chi connectivity index (χ1v) is 10.5. The molecular formula is C22H24N4O2S. The molecule has 1 heterocycles. The number of carbonyl (C=O) groups excluding carboxylic acids is 1. The number of amides is 1. The zero-order chi connectivity index (χ0) is 20.4. The van der Waals surface area contributed by atoms with Gasteiger partial charge in [0.2, 0.25) is 5.91 Å². The van der Waals surface area contributed by atoms with Gasteiger partial charge < -0.3 is 14.6 Å². The molecule has 3 aromatic rings. The number of anilines is 1. The van der Waals surface area contributed by atoms with E-state index in [0.717, 1.165) is 34.9 Å². The third-order valence-electron chi connectivity index (χ3n) is 4.99. The highest BCUT2D eigenvalue weighted by Gasteiger charge is 2.31. The molecule has 2 aromatic carbocycles. The summed E-state index contributed by atoms with van der Waals surface area (Å²) < 4.78 is 7.43. The molecule has 1 saturated carbocycles. The maximum Gasteiger partial charge on any atom is 0.242 e. The fourth-order valence-corrected chi connectivity index (χ4v) is 4.26. The van der Waals surface area contributed by atoms with Gasteiger partial charge in [-0.1, -0.05) is 48.2 Å². The van der Waals surface area contributed by atoms with Crippen molar-refractivity contribution in [3.05, 3.63) is 65.5 Å². The predicted octanol–water partition coefficient (Wildman–Crippen LogP) is 4.48. The molecular weight excluding hydrogens is 384 g/mol. The zero-order valence-electron chi connectivity index (χ0n) is 16.8. The zero-order valence-corrected chi connectivity index (χ0v) is 17.6. The van der Waals surface area contributed by atoms with E-state index >= 15 is 0 Å². The number of hydrogen-bond acceptors (Lipinski definition) is 5. The van der Waals surface area contributed by atoms with Gasteiger partial charge in [-0.15, -0.1) is 10.2 Å². The maximum absolute atomic E-state index is 13.3. The number of hydrogen-bond donors (Lipinski definition) is 1. The summed E-state index contributed by atoms with van der Waals surface area (Å²) in [5.41, 5.74) is 2.63. The largest absolute Gasteiger partial charge is 0.495 e. The second-order valence-electron chi connectivity index (χ2n) is 7.28. The lowest BCUT2D eigenvalue weighted by molar-refractivity contribution is -0.115. The van der Waals surface area contributed by atoms with Crippen molar-refractivity contribution in [2.75, 3.05) is 12.4 Å². The van der Waals surface area contributed by atoms with E-state index in [1.807, 2.05) is 67.1 Å². The first kappa shape index (κ1) is 19.5. The summed E-state index contributed by atoms with van der Waals surface area (Å²) in [6, 6.07) is 15.5. The van der Waals surface area contributed by atoms with Crippen LogP contribution in [0.2, 0.25) is 0 Å². The van der Waals surface area contributed by atoms with Crippen molar-refractivity contribution in [2.45, 2.75) is 36.1 Å². The summed E-state index contributed by atoms with van der Waals surface area (Å²) in [6.07, 6.45) is 2.32. The summed E-state index contributed by atoms with van der Waals surface area (Å²) in [4.78, 5) is 13.3. The van der Waals surface area contributed by atoms with Gasteiger partial charge in [0.05, 0.1) is 12.8 Å². The van der Waals surface area contributed by atoms with Crippen LogP contribution in [-0.4, -0.2) is 27.8 Å². The number of carbonyl (C=O) groups is 1. The fourth-order valence-electron chi connectivity index (χ4n) is 3.25. The van der Waals surface area contributed by atoms with Crippen molar-refractivity contribution in [2.24, 2.45) is 7.05 Å². The Bertz CT molecular complexity index is 1010. The minimum absolute atomic E-state index is 0.124. The Morgan fingerprint density at radius 3 is 2.66 bits per heavy atom. The van der Waals surface area contributed by atoms with E-state index in [4.69, 9.17) is 4.74 Å². The molecule has 0 radical (unpaired) electrons. The molecule has 1 atom stereocenters. The fraction of sp³-hybridized carbons (Fsp3) is 0.318. The van der Waals surface area contributed by atoms with Crippen LogP contribution >= 0.6 is 11.8 Å². The van der Waals surface area contributed by atoms with Crippen molar-refractivity contribution >= 4 is 23.4 Å². The van der Waals surface area contributed by atoms with E-state index in [2.05, 4.69) is 15.5 Å². The minimum atomic E-state index is -0.462. The number of thioether (sulfide) groups is 1. The van der Waals surface area contributed by atoms with Crippen molar-refractivity contribution in [3.63, 3.8) is 0 Å². The van der Waals surface area contributed by atoms with Gasteiger partial charge in [0.1, 0.15) is 16.8 Å². The lowest BCUT2D eigenvalue weighted by Crippen LogP contribution is -2.20. The Morgan fingerprint density at radius 2 is 1.97 bits per heavy atom. The number of nitrogens with zero attached hydrogens (tertiary/aromatic N) is 3. The van der Waals surface area contributed by atoms with Crippen LogP contribution in [0, 0.1) is 6.92 Å². The van der Waals surface area contributed by atoms with E-state index in [9.17, 15) is 4.79 Å². The molecule has 0 spiro atoms. The first-order valence-electron chi connectivity index (χ1n) is 9.63. The van der Waals surface area contributed by atoms with Gasteiger partial charge in [-0.2, -0.15) is 0 Å². The molecule has 1 aliphatic rings. The van der Waals surface area contributed by atoms with Crippen LogP contribution < -0.4 is 10.1 Å². The van der Waals surface area contributed by atoms with Gasteiger partial charge >= 0.3 is 0 Å². The topological polar surface area (TPSA) is 69.0 Å². The molecule has 1 N–H and O–H groups in total. The Hall–Kier alpha value is -2.80. The third-order valence-corrected chi connectivity index (χ3v) is 6.28. The average molecular weight is 409 g/mol. The SMILES string of the molecule is COc1ccc(C)cc1NC(=O)[C@@H](Sc1nnc(C2CC2)n1C)c1ccccc1. The number of rotatable bonds is 7. The summed E-state index contributed by atoms with van der Waals surface area (Å²) in [7, 11) is 3.57. The second-order valence-corrected chi connectivity index (χ2v) is 8.35. The van der Waals surface area contributed by atoms with Gasteiger partial charge in [0, 0.05) is 13.0 Å². The number of aromatic nitrogens is 3. The highest BCUT2D eigenvalue weighted by atomic mass is 32.2. The van der Waals surface area contributed by atoms with Crippen molar-refractivity contribution in [1.29, 1.82) is 0 Å². The molecule has 1 amide bonds. The molecule has 150 valence electrons. The first-order chi connectivity index (χ1) is 14.1. The van der Waals surface area contributed by atoms with Crippen LogP contribution in [-0.2, 0) is 11.8 Å². The Kier molecular flexibility index (Phi) is 5.58. The molecule has 6 nitrogen and oxygen atoms in total. The van der Waals surface area contributed by atoms with Crippen molar-refractivity contribution < 1.29 is 9.53 Å². The van der Waals surface area contributed by atoms with Crippen LogP contribution in [0.4, 0.5) is 5.69 Å². The molecule has 0 unspecified atom stereocenters. The van der Waals surface area contributed by atoms with E-state index in [1.54, 1.807) is 7.11 Å². The molecule has 1 aliphatic carbocycles. The molecule has 4 rings (SSSR count). The van der Waals surface area contributed by atoms with Gasteiger partial charge in [0.15, 0.2) is 5.16 Å². The number of aryl methyl sites for hydroxylation is 1. The summed E-state index contributed by atoms with van der Waals surface area (Å²) in [5.74, 6) is 2.01. The summed E-state index contributed by atoms with van der Waals surface area (Å²) in [6.45, 7) is 1.98. The third kappa shape index (κ3) is 4.29. The highest BCUT2D eigenvalue weighted by molar-refractivity contribution is 8.00. The van der Waals surface area contributed by atoms with Gasteiger partial charge in [-0.05, 0) is 43.0 Å². The quantitative estimate of drug-likeness (QED) is 0.584. The Balaban J connectivity index is 1.62. The van der Waals surface area contributed by atoms with Crippen molar-refractivity contribution in [1.82, 2.24) is 14.8 Å². The second kappa shape index (κ2) is 8.29. The number of methoxy groups -OCH3 is 1. The van der Waals surface area contributed by atoms with Crippen LogP contribution in [0.5, 0.6) is 5.75 Å². The normalized spacial score (nSPS) is 14.4. The smallest absolute Gasteiger partial charge is 0.242 e. The highest BCUT2D eigenvalue weighted by Crippen LogP contribution is 2.41. The number of ether oxygens (including phenoxy) is 1. The Morgan fingerprint density at radius 1 is 1.21 bits per heavy atom. The van der Waals surface area contributed by atoms with Crippen molar-refractivity contribution in [3.8, 4) is 5.75 Å². The monoisotopic (exact) mass is 408 g/mol. The molecule has 0 bridgehead atoms. The minimum Gasteiger partial charge on any atom is -0.495 e. The lowest BCUT2D eigenvalue weighted by Gasteiger charge is -2.18. The van der Waals surface area contributed by atoms with Crippen LogP contribution in [0.15, 0.2) is 53.7 Å². The van der Waals surface area contributed by atoms with Gasteiger partial charge in [-0.25, -0.2) is 0 Å². The molecule has 0 aliphatic heterocycles. The van der Waals surface area contributed by atoms with Crippen LogP contribution in [0.3, 0.4) is 0 Å². The van der Waals surface area contributed by atoms with Crippen LogP contribution in [0.1, 0.15) is 41.0 Å². The molecule has 1 aromatic heterocycles. The predicted molar refractivity (Wildman–Crippen MR) is 114 cm³/mol. The average Bonchev–Trinajstić information content (AvgIpc) is 3.50. The lowest BCUT2D eigenvalue weighted by atomic mass is 10.1.